The summed E-state index contributed by atoms with van der Waals surface area (Å²) in [5, 5.41) is 9.49. The van der Waals surface area contributed by atoms with Crippen LogP contribution in [0.25, 0.3) is 5.69 Å². The fraction of sp³-hybridized carbons (Fsp3) is 0.143. The number of hydrogen-bond donors (Lipinski definition) is 1. The molecular formula is C21H18ClFN2O2. The number of aryl methyl sites for hydroxylation is 2. The molecule has 3 rings (SSSR count). The van der Waals surface area contributed by atoms with Crippen molar-refractivity contribution in [2.75, 3.05) is 0 Å². The fourth-order valence-corrected chi connectivity index (χ4v) is 3.18. The fourth-order valence-electron chi connectivity index (χ4n) is 2.99. The molecule has 0 aliphatic rings. The maximum absolute atomic E-state index is 13.4. The van der Waals surface area contributed by atoms with Crippen molar-refractivity contribution in [3.8, 4) is 5.69 Å². The Hall–Kier alpha value is -2.92. The molecule has 0 amide bonds. The van der Waals surface area contributed by atoms with Gasteiger partial charge >= 0.3 is 5.97 Å². The van der Waals surface area contributed by atoms with Gasteiger partial charge in [-0.25, -0.2) is 9.18 Å². The summed E-state index contributed by atoms with van der Waals surface area (Å²) in [4.78, 5) is 15.8. The number of halogens is 2. The Morgan fingerprint density at radius 1 is 1.15 bits per heavy atom. The average molecular weight is 385 g/mol. The minimum absolute atomic E-state index is 0.0543. The van der Waals surface area contributed by atoms with Gasteiger partial charge in [0.15, 0.2) is 0 Å². The standard InChI is InChI=1S/C21H18ClFN2O2/c1-12-8-16(4-7-20(12)23)24-11-15-9-13(2)25(14(15)3)17-5-6-19(22)18(10-17)21(26)27/h4-11H,1-3H3,(H,26,27). The zero-order valence-corrected chi connectivity index (χ0v) is 15.9. The third-order valence-corrected chi connectivity index (χ3v) is 4.73. The van der Waals surface area contributed by atoms with Crippen molar-refractivity contribution >= 4 is 29.5 Å². The van der Waals surface area contributed by atoms with Crippen LogP contribution in [-0.4, -0.2) is 21.9 Å². The molecule has 0 aliphatic carbocycles. The van der Waals surface area contributed by atoms with Crippen LogP contribution in [0.3, 0.4) is 0 Å². The van der Waals surface area contributed by atoms with Crippen molar-refractivity contribution < 1.29 is 14.3 Å². The van der Waals surface area contributed by atoms with Gasteiger partial charge in [-0.2, -0.15) is 0 Å². The van der Waals surface area contributed by atoms with E-state index in [4.69, 9.17) is 11.6 Å². The molecule has 2 aromatic carbocycles. The molecule has 0 fully saturated rings. The molecule has 0 saturated carbocycles. The highest BCUT2D eigenvalue weighted by molar-refractivity contribution is 6.33. The summed E-state index contributed by atoms with van der Waals surface area (Å²) < 4.78 is 15.3. The summed E-state index contributed by atoms with van der Waals surface area (Å²) >= 11 is 5.97. The molecule has 4 nitrogen and oxygen atoms in total. The first kappa shape index (κ1) is 18.9. The molecule has 0 aliphatic heterocycles. The Kier molecular flexibility index (Phi) is 5.15. The summed E-state index contributed by atoms with van der Waals surface area (Å²) in [6.45, 7) is 5.56. The van der Waals surface area contributed by atoms with Crippen molar-refractivity contribution in [2.24, 2.45) is 4.99 Å². The monoisotopic (exact) mass is 384 g/mol. The van der Waals surface area contributed by atoms with Gasteiger partial charge in [-0.3, -0.25) is 4.99 Å². The number of carbonyl (C=O) groups is 1. The second-order valence-corrected chi connectivity index (χ2v) is 6.73. The average Bonchev–Trinajstić information content (AvgIpc) is 2.90. The minimum Gasteiger partial charge on any atom is -0.478 e. The number of aromatic carboxylic acids is 1. The summed E-state index contributed by atoms with van der Waals surface area (Å²) in [5.41, 5.74) is 4.71. The first-order chi connectivity index (χ1) is 12.8. The van der Waals surface area contributed by atoms with Gasteiger partial charge < -0.3 is 9.67 Å². The van der Waals surface area contributed by atoms with Gasteiger partial charge in [-0.1, -0.05) is 11.6 Å². The molecule has 27 heavy (non-hydrogen) atoms. The normalized spacial score (nSPS) is 11.3. The maximum Gasteiger partial charge on any atom is 0.337 e. The third-order valence-electron chi connectivity index (χ3n) is 4.40. The van der Waals surface area contributed by atoms with Crippen molar-refractivity contribution in [3.05, 3.63) is 81.4 Å². The Bertz CT molecular complexity index is 1070. The van der Waals surface area contributed by atoms with Crippen LogP contribution >= 0.6 is 11.6 Å². The topological polar surface area (TPSA) is 54.6 Å². The number of hydrogen-bond acceptors (Lipinski definition) is 2. The van der Waals surface area contributed by atoms with E-state index in [0.29, 0.717) is 16.9 Å². The Morgan fingerprint density at radius 3 is 2.56 bits per heavy atom. The van der Waals surface area contributed by atoms with Crippen LogP contribution < -0.4 is 0 Å². The molecule has 0 radical (unpaired) electrons. The van der Waals surface area contributed by atoms with Gasteiger partial charge in [0.05, 0.1) is 16.3 Å². The number of rotatable bonds is 4. The zero-order chi connectivity index (χ0) is 19.7. The SMILES string of the molecule is Cc1cc(N=Cc2cc(C)n(-c3ccc(Cl)c(C(=O)O)c3)c2C)ccc1F. The molecule has 138 valence electrons. The van der Waals surface area contributed by atoms with Crippen LogP contribution in [0, 0.1) is 26.6 Å². The van der Waals surface area contributed by atoms with Gasteiger partial charge in [0, 0.05) is 28.9 Å². The lowest BCUT2D eigenvalue weighted by Crippen LogP contribution is -2.03. The highest BCUT2D eigenvalue weighted by atomic mass is 35.5. The van der Waals surface area contributed by atoms with Crippen molar-refractivity contribution in [2.45, 2.75) is 20.8 Å². The summed E-state index contributed by atoms with van der Waals surface area (Å²) in [5.74, 6) is -1.33. The lowest BCUT2D eigenvalue weighted by atomic mass is 10.2. The lowest BCUT2D eigenvalue weighted by Gasteiger charge is -2.11. The van der Waals surface area contributed by atoms with Gasteiger partial charge in [0.25, 0.3) is 0 Å². The lowest BCUT2D eigenvalue weighted by molar-refractivity contribution is 0.0697. The Morgan fingerprint density at radius 2 is 1.89 bits per heavy atom. The molecule has 1 N–H and O–H groups in total. The second kappa shape index (κ2) is 7.37. The first-order valence-corrected chi connectivity index (χ1v) is 8.68. The molecular weight excluding hydrogens is 367 g/mol. The molecule has 6 heteroatoms. The van der Waals surface area contributed by atoms with E-state index in [-0.39, 0.29) is 16.4 Å². The van der Waals surface area contributed by atoms with E-state index >= 15 is 0 Å². The van der Waals surface area contributed by atoms with Crippen LogP contribution in [0.1, 0.15) is 32.9 Å². The number of nitrogens with zero attached hydrogens (tertiary/aromatic N) is 2. The van der Waals surface area contributed by atoms with Crippen LogP contribution in [0.2, 0.25) is 5.02 Å². The molecule has 1 heterocycles. The minimum atomic E-state index is -1.07. The second-order valence-electron chi connectivity index (χ2n) is 6.32. The number of benzene rings is 2. The largest absolute Gasteiger partial charge is 0.478 e. The highest BCUT2D eigenvalue weighted by Crippen LogP contribution is 2.25. The third kappa shape index (κ3) is 3.78. The number of carboxylic acid groups (broad SMARTS) is 1. The maximum atomic E-state index is 13.4. The summed E-state index contributed by atoms with van der Waals surface area (Å²) in [6, 6.07) is 11.6. The van der Waals surface area contributed by atoms with Crippen molar-refractivity contribution in [3.63, 3.8) is 0 Å². The summed E-state index contributed by atoms with van der Waals surface area (Å²) in [6.07, 6.45) is 1.72. The van der Waals surface area contributed by atoms with Gasteiger partial charge in [0.1, 0.15) is 5.82 Å². The van der Waals surface area contributed by atoms with E-state index in [1.165, 1.54) is 6.07 Å². The van der Waals surface area contributed by atoms with Gasteiger partial charge in [0.2, 0.25) is 0 Å². The molecule has 0 bridgehead atoms. The number of aromatic nitrogens is 1. The van der Waals surface area contributed by atoms with Crippen LogP contribution in [0.4, 0.5) is 10.1 Å². The molecule has 1 aromatic heterocycles. The zero-order valence-electron chi connectivity index (χ0n) is 15.1. The first-order valence-electron chi connectivity index (χ1n) is 8.30. The van der Waals surface area contributed by atoms with Crippen molar-refractivity contribution in [1.29, 1.82) is 0 Å². The molecule has 0 atom stereocenters. The van der Waals surface area contributed by atoms with Crippen LogP contribution in [-0.2, 0) is 0 Å². The van der Waals surface area contributed by atoms with E-state index in [2.05, 4.69) is 4.99 Å². The molecule has 0 saturated heterocycles. The predicted octanol–water partition coefficient (Wildman–Crippen LogP) is 5.64. The predicted molar refractivity (Wildman–Crippen MR) is 106 cm³/mol. The van der Waals surface area contributed by atoms with Crippen molar-refractivity contribution in [1.82, 2.24) is 4.57 Å². The van der Waals surface area contributed by atoms with Gasteiger partial charge in [-0.15, -0.1) is 0 Å². The quantitative estimate of drug-likeness (QED) is 0.591. The molecule has 3 aromatic rings. The van der Waals surface area contributed by atoms with E-state index in [1.807, 2.05) is 24.5 Å². The Labute approximate surface area is 161 Å². The molecule has 0 unspecified atom stereocenters. The van der Waals surface area contributed by atoms with Crippen LogP contribution in [0.5, 0.6) is 0 Å². The number of carboxylic acids is 1. The van der Waals surface area contributed by atoms with E-state index in [0.717, 1.165) is 17.0 Å². The highest BCUT2D eigenvalue weighted by Gasteiger charge is 2.14. The molecule has 0 spiro atoms. The van der Waals surface area contributed by atoms with E-state index in [1.54, 1.807) is 43.5 Å². The smallest absolute Gasteiger partial charge is 0.337 e. The Balaban J connectivity index is 2.00. The van der Waals surface area contributed by atoms with E-state index in [9.17, 15) is 14.3 Å². The van der Waals surface area contributed by atoms with Crippen LogP contribution in [0.15, 0.2) is 47.5 Å². The number of aliphatic imine (C=N–C) groups is 1. The van der Waals surface area contributed by atoms with E-state index < -0.39 is 5.97 Å². The van der Waals surface area contributed by atoms with Gasteiger partial charge in [-0.05, 0) is 68.8 Å². The summed E-state index contributed by atoms with van der Waals surface area (Å²) in [7, 11) is 0.